The quantitative estimate of drug-likeness (QED) is 0.659. The summed E-state index contributed by atoms with van der Waals surface area (Å²) in [5.74, 6) is 0. The van der Waals surface area contributed by atoms with Gasteiger partial charge in [-0.3, -0.25) is 9.88 Å². The first-order valence-electron chi connectivity index (χ1n) is 7.57. The van der Waals surface area contributed by atoms with Gasteiger partial charge in [-0.25, -0.2) is 0 Å². The van der Waals surface area contributed by atoms with Crippen molar-refractivity contribution in [2.75, 3.05) is 13.6 Å². The fraction of sp³-hybridized carbons (Fsp3) is 0.688. The Bertz CT molecular complexity index is 313. The van der Waals surface area contributed by atoms with Crippen LogP contribution in [-0.2, 0) is 6.54 Å². The van der Waals surface area contributed by atoms with Gasteiger partial charge in [0.15, 0.2) is 0 Å². The van der Waals surface area contributed by atoms with E-state index in [1.807, 2.05) is 18.5 Å². The minimum atomic E-state index is 0.488. The molecule has 108 valence electrons. The van der Waals surface area contributed by atoms with E-state index < -0.39 is 0 Å². The van der Waals surface area contributed by atoms with Crippen LogP contribution in [0.15, 0.2) is 24.5 Å². The molecule has 3 heteroatoms. The van der Waals surface area contributed by atoms with E-state index in [4.69, 9.17) is 5.73 Å². The Morgan fingerprint density at radius 2 is 2.05 bits per heavy atom. The first-order chi connectivity index (χ1) is 9.27. The summed E-state index contributed by atoms with van der Waals surface area (Å²) in [5.41, 5.74) is 7.17. The van der Waals surface area contributed by atoms with E-state index >= 15 is 0 Å². The molecule has 0 bridgehead atoms. The Hall–Kier alpha value is -0.930. The van der Waals surface area contributed by atoms with Gasteiger partial charge in [-0.2, -0.15) is 0 Å². The molecule has 3 nitrogen and oxygen atoms in total. The van der Waals surface area contributed by atoms with Crippen LogP contribution in [-0.4, -0.2) is 29.5 Å². The molecular formula is C16H29N3. The molecule has 19 heavy (non-hydrogen) atoms. The van der Waals surface area contributed by atoms with Gasteiger partial charge in [-0.1, -0.05) is 45.1 Å². The number of aromatic nitrogens is 1. The molecule has 0 amide bonds. The van der Waals surface area contributed by atoms with Crippen LogP contribution in [0.3, 0.4) is 0 Å². The fourth-order valence-electron chi connectivity index (χ4n) is 2.41. The van der Waals surface area contributed by atoms with E-state index in [2.05, 4.69) is 29.9 Å². The third-order valence-electron chi connectivity index (χ3n) is 3.69. The fourth-order valence-corrected chi connectivity index (χ4v) is 2.41. The molecule has 0 saturated heterocycles. The number of nitrogens with two attached hydrogens (primary N) is 1. The number of rotatable bonds is 10. The normalized spacial score (nSPS) is 12.8. The molecule has 0 aliphatic rings. The first kappa shape index (κ1) is 16.1. The summed E-state index contributed by atoms with van der Waals surface area (Å²) in [5, 5.41) is 0. The minimum absolute atomic E-state index is 0.488. The smallest absolute Gasteiger partial charge is 0.0312 e. The van der Waals surface area contributed by atoms with Crippen molar-refractivity contribution in [3.05, 3.63) is 30.1 Å². The van der Waals surface area contributed by atoms with Crippen LogP contribution in [0.1, 0.15) is 51.0 Å². The highest BCUT2D eigenvalue weighted by Crippen LogP contribution is 2.12. The predicted octanol–water partition coefficient (Wildman–Crippen LogP) is 3.20. The molecule has 0 aromatic carbocycles. The van der Waals surface area contributed by atoms with Crippen LogP contribution < -0.4 is 5.73 Å². The molecule has 1 rings (SSSR count). The summed E-state index contributed by atoms with van der Waals surface area (Å²) in [6, 6.07) is 4.60. The van der Waals surface area contributed by atoms with Crippen molar-refractivity contribution >= 4 is 0 Å². The van der Waals surface area contributed by atoms with Gasteiger partial charge in [-0.05, 0) is 25.1 Å². The number of hydrogen-bond acceptors (Lipinski definition) is 3. The van der Waals surface area contributed by atoms with Crippen LogP contribution in [0.2, 0.25) is 0 Å². The van der Waals surface area contributed by atoms with Crippen molar-refractivity contribution in [3.63, 3.8) is 0 Å². The maximum absolute atomic E-state index is 5.91. The Morgan fingerprint density at radius 3 is 2.68 bits per heavy atom. The molecule has 0 fully saturated rings. The molecule has 1 aromatic heterocycles. The third-order valence-corrected chi connectivity index (χ3v) is 3.69. The Balaban J connectivity index is 2.29. The Kier molecular flexibility index (Phi) is 8.43. The van der Waals surface area contributed by atoms with E-state index in [1.165, 1.54) is 44.1 Å². The Labute approximate surface area is 118 Å². The second-order valence-electron chi connectivity index (χ2n) is 5.37. The number of likely N-dealkylation sites (N-methyl/N-ethyl adjacent to an activating group) is 1. The van der Waals surface area contributed by atoms with Gasteiger partial charge < -0.3 is 5.73 Å². The molecule has 1 atom stereocenters. The van der Waals surface area contributed by atoms with Gasteiger partial charge in [0.2, 0.25) is 0 Å². The van der Waals surface area contributed by atoms with Gasteiger partial charge in [-0.15, -0.1) is 0 Å². The largest absolute Gasteiger partial charge is 0.329 e. The minimum Gasteiger partial charge on any atom is -0.329 e. The Morgan fingerprint density at radius 1 is 1.26 bits per heavy atom. The molecule has 0 spiro atoms. The van der Waals surface area contributed by atoms with Gasteiger partial charge in [0.05, 0.1) is 0 Å². The molecule has 1 unspecified atom stereocenters. The van der Waals surface area contributed by atoms with E-state index in [1.54, 1.807) is 0 Å². The van der Waals surface area contributed by atoms with Crippen LogP contribution in [0.5, 0.6) is 0 Å². The summed E-state index contributed by atoms with van der Waals surface area (Å²) in [7, 11) is 2.16. The summed E-state index contributed by atoms with van der Waals surface area (Å²) < 4.78 is 0. The van der Waals surface area contributed by atoms with Crippen LogP contribution >= 0.6 is 0 Å². The van der Waals surface area contributed by atoms with E-state index in [9.17, 15) is 0 Å². The second-order valence-corrected chi connectivity index (χ2v) is 5.37. The number of unbranched alkanes of at least 4 members (excludes halogenated alkanes) is 4. The molecule has 1 heterocycles. The molecule has 0 aliphatic heterocycles. The molecule has 0 aliphatic carbocycles. The lowest BCUT2D eigenvalue weighted by Crippen LogP contribution is -2.37. The van der Waals surface area contributed by atoms with Crippen LogP contribution in [0.25, 0.3) is 0 Å². The van der Waals surface area contributed by atoms with Crippen molar-refractivity contribution in [2.45, 2.75) is 58.0 Å². The topological polar surface area (TPSA) is 42.1 Å². The van der Waals surface area contributed by atoms with E-state index in [0.29, 0.717) is 6.04 Å². The standard InChI is InChI=1S/C16H29N3/c1-3-4-5-6-7-10-16(12-17)19(2)14-15-9-8-11-18-13-15/h8-9,11,13,16H,3-7,10,12,14,17H2,1-2H3. The van der Waals surface area contributed by atoms with Gasteiger partial charge >= 0.3 is 0 Å². The predicted molar refractivity (Wildman–Crippen MR) is 81.9 cm³/mol. The van der Waals surface area contributed by atoms with Crippen molar-refractivity contribution in [1.29, 1.82) is 0 Å². The lowest BCUT2D eigenvalue weighted by molar-refractivity contribution is 0.222. The summed E-state index contributed by atoms with van der Waals surface area (Å²) in [6.45, 7) is 3.93. The lowest BCUT2D eigenvalue weighted by Gasteiger charge is -2.27. The maximum atomic E-state index is 5.91. The molecule has 1 aromatic rings. The average Bonchev–Trinajstić information content (AvgIpc) is 2.44. The molecule has 0 saturated carbocycles. The molecule has 2 N–H and O–H groups in total. The number of hydrogen-bond donors (Lipinski definition) is 1. The zero-order valence-corrected chi connectivity index (χ0v) is 12.5. The van der Waals surface area contributed by atoms with Crippen molar-refractivity contribution < 1.29 is 0 Å². The zero-order chi connectivity index (χ0) is 13.9. The number of nitrogens with zero attached hydrogens (tertiary/aromatic N) is 2. The van der Waals surface area contributed by atoms with Gasteiger partial charge in [0.1, 0.15) is 0 Å². The highest BCUT2D eigenvalue weighted by molar-refractivity contribution is 5.08. The average molecular weight is 263 g/mol. The monoisotopic (exact) mass is 263 g/mol. The third kappa shape index (κ3) is 6.69. The van der Waals surface area contributed by atoms with Crippen LogP contribution in [0.4, 0.5) is 0 Å². The molecular weight excluding hydrogens is 234 g/mol. The van der Waals surface area contributed by atoms with Crippen molar-refractivity contribution in [2.24, 2.45) is 5.73 Å². The van der Waals surface area contributed by atoms with Crippen LogP contribution in [0, 0.1) is 0 Å². The van der Waals surface area contributed by atoms with E-state index in [0.717, 1.165) is 13.1 Å². The zero-order valence-electron chi connectivity index (χ0n) is 12.5. The number of pyridine rings is 1. The highest BCUT2D eigenvalue weighted by atomic mass is 15.1. The summed E-state index contributed by atoms with van der Waals surface area (Å²) >= 11 is 0. The maximum Gasteiger partial charge on any atom is 0.0312 e. The van der Waals surface area contributed by atoms with Gasteiger partial charge in [0.25, 0.3) is 0 Å². The SMILES string of the molecule is CCCCCCCC(CN)N(C)Cc1cccnc1. The lowest BCUT2D eigenvalue weighted by atomic mass is 10.1. The molecule has 0 radical (unpaired) electrons. The highest BCUT2D eigenvalue weighted by Gasteiger charge is 2.12. The van der Waals surface area contributed by atoms with Gasteiger partial charge in [0, 0.05) is 31.5 Å². The van der Waals surface area contributed by atoms with Crippen molar-refractivity contribution in [1.82, 2.24) is 9.88 Å². The van der Waals surface area contributed by atoms with E-state index in [-0.39, 0.29) is 0 Å². The summed E-state index contributed by atoms with van der Waals surface area (Å²) in [6.07, 6.45) is 11.6. The second kappa shape index (κ2) is 9.93. The first-order valence-corrected chi connectivity index (χ1v) is 7.57. The summed E-state index contributed by atoms with van der Waals surface area (Å²) in [4.78, 5) is 6.52. The van der Waals surface area contributed by atoms with Crippen molar-refractivity contribution in [3.8, 4) is 0 Å².